The van der Waals surface area contributed by atoms with Gasteiger partial charge in [0.15, 0.2) is 0 Å². The Bertz CT molecular complexity index is 772. The highest BCUT2D eigenvalue weighted by Crippen LogP contribution is 2.29. The van der Waals surface area contributed by atoms with Crippen molar-refractivity contribution in [3.8, 4) is 16.9 Å². The van der Waals surface area contributed by atoms with Crippen LogP contribution in [0.5, 0.6) is 5.75 Å². The number of rotatable bonds is 9. The lowest BCUT2D eigenvalue weighted by Gasteiger charge is -2.26. The number of aliphatic carboxylic acids is 1. The fraction of sp³-hybridized carbons (Fsp3) is 0.333. The molecule has 144 valence electrons. The van der Waals surface area contributed by atoms with Crippen molar-refractivity contribution in [3.05, 3.63) is 54.1 Å². The number of hydrogen-bond acceptors (Lipinski definition) is 4. The van der Waals surface area contributed by atoms with E-state index in [1.165, 1.54) is 0 Å². The molecule has 0 aliphatic carbocycles. The normalized spacial score (nSPS) is 10.9. The Labute approximate surface area is 159 Å². The maximum atomic E-state index is 11.9. The van der Waals surface area contributed by atoms with Gasteiger partial charge in [0, 0.05) is 18.2 Å². The molecule has 2 N–H and O–H groups in total. The average Bonchev–Trinajstić information content (AvgIpc) is 2.66. The van der Waals surface area contributed by atoms with Crippen LogP contribution in [0.2, 0.25) is 0 Å². The highest BCUT2D eigenvalue weighted by molar-refractivity contribution is 5.82. The second-order valence-electron chi connectivity index (χ2n) is 6.57. The second kappa shape index (κ2) is 9.73. The van der Waals surface area contributed by atoms with E-state index in [-0.39, 0.29) is 25.0 Å². The smallest absolute Gasteiger partial charge is 0.322 e. The summed E-state index contributed by atoms with van der Waals surface area (Å²) in [5.41, 5.74) is 3.17. The van der Waals surface area contributed by atoms with Crippen LogP contribution in [-0.2, 0) is 16.1 Å². The average molecular weight is 370 g/mol. The first-order chi connectivity index (χ1) is 12.9. The van der Waals surface area contributed by atoms with Crippen LogP contribution >= 0.6 is 0 Å². The topological polar surface area (TPSA) is 78.9 Å². The van der Waals surface area contributed by atoms with Crippen LogP contribution in [0.25, 0.3) is 11.1 Å². The minimum atomic E-state index is -1.05. The molecule has 6 nitrogen and oxygen atoms in total. The summed E-state index contributed by atoms with van der Waals surface area (Å²) in [6, 6.07) is 16.1. The molecule has 0 saturated carbocycles. The van der Waals surface area contributed by atoms with E-state index in [9.17, 15) is 9.59 Å². The number of carboxylic acid groups (broad SMARTS) is 1. The van der Waals surface area contributed by atoms with Gasteiger partial charge in [-0.05, 0) is 31.0 Å². The fourth-order valence-electron chi connectivity index (χ4n) is 2.74. The first kappa shape index (κ1) is 20.5. The van der Waals surface area contributed by atoms with E-state index in [2.05, 4.69) is 5.32 Å². The van der Waals surface area contributed by atoms with E-state index in [4.69, 9.17) is 9.84 Å². The Morgan fingerprint density at radius 3 is 2.37 bits per heavy atom. The lowest BCUT2D eigenvalue weighted by molar-refractivity contribution is -0.138. The highest BCUT2D eigenvalue weighted by Gasteiger charge is 2.15. The summed E-state index contributed by atoms with van der Waals surface area (Å²) < 4.78 is 5.42. The molecular weight excluding hydrogens is 344 g/mol. The summed E-state index contributed by atoms with van der Waals surface area (Å²) in [4.78, 5) is 24.5. The maximum absolute atomic E-state index is 11.9. The second-order valence-corrected chi connectivity index (χ2v) is 6.57. The Balaban J connectivity index is 2.06. The summed E-state index contributed by atoms with van der Waals surface area (Å²) >= 11 is 0. The number of nitrogens with zero attached hydrogens (tertiary/aromatic N) is 1. The molecule has 0 radical (unpaired) electrons. The van der Waals surface area contributed by atoms with E-state index in [1.54, 1.807) is 7.11 Å². The number of para-hydroxylation sites is 1. The van der Waals surface area contributed by atoms with Crippen LogP contribution in [0.4, 0.5) is 0 Å². The summed E-state index contributed by atoms with van der Waals surface area (Å²) in [6.45, 7) is 4.41. The van der Waals surface area contributed by atoms with Crippen molar-refractivity contribution in [1.29, 1.82) is 0 Å². The number of hydrogen-bond donors (Lipinski definition) is 2. The van der Waals surface area contributed by atoms with Crippen molar-refractivity contribution < 1.29 is 19.4 Å². The third-order valence-corrected chi connectivity index (χ3v) is 4.27. The Morgan fingerprint density at radius 1 is 1.11 bits per heavy atom. The molecule has 27 heavy (non-hydrogen) atoms. The molecule has 2 aromatic carbocycles. The van der Waals surface area contributed by atoms with Gasteiger partial charge in [0.2, 0.25) is 5.91 Å². The van der Waals surface area contributed by atoms with Crippen LogP contribution in [-0.4, -0.2) is 48.1 Å². The molecular formula is C21H26N2O4. The van der Waals surface area contributed by atoms with Gasteiger partial charge in [0.05, 0.1) is 13.7 Å². The number of amides is 1. The van der Waals surface area contributed by atoms with Gasteiger partial charge in [0.1, 0.15) is 12.3 Å². The van der Waals surface area contributed by atoms with Gasteiger partial charge >= 0.3 is 5.97 Å². The summed E-state index contributed by atoms with van der Waals surface area (Å²) in [7, 11) is 1.66. The molecule has 0 unspecified atom stereocenters. The van der Waals surface area contributed by atoms with Crippen molar-refractivity contribution >= 4 is 11.9 Å². The summed E-state index contributed by atoms with van der Waals surface area (Å²) in [5.74, 6) is -0.521. The number of ether oxygens (including phenoxy) is 1. The van der Waals surface area contributed by atoms with E-state index in [0.717, 1.165) is 22.4 Å². The molecule has 0 aliphatic rings. The van der Waals surface area contributed by atoms with Crippen LogP contribution < -0.4 is 10.1 Å². The van der Waals surface area contributed by atoms with Gasteiger partial charge in [-0.15, -0.1) is 0 Å². The van der Waals surface area contributed by atoms with Gasteiger partial charge in [-0.1, -0.05) is 42.5 Å². The van der Waals surface area contributed by atoms with Crippen LogP contribution in [0.3, 0.4) is 0 Å². The van der Waals surface area contributed by atoms with Crippen molar-refractivity contribution in [2.24, 2.45) is 0 Å². The van der Waals surface area contributed by atoms with Crippen LogP contribution in [0, 0.1) is 0 Å². The zero-order chi connectivity index (χ0) is 19.8. The summed E-state index contributed by atoms with van der Waals surface area (Å²) in [5, 5.41) is 11.1. The van der Waals surface area contributed by atoms with Gasteiger partial charge in [0.25, 0.3) is 0 Å². The molecule has 0 aromatic heterocycles. The lowest BCUT2D eigenvalue weighted by Crippen LogP contribution is -2.41. The zero-order valence-corrected chi connectivity index (χ0v) is 15.9. The van der Waals surface area contributed by atoms with E-state index >= 15 is 0 Å². The largest absolute Gasteiger partial charge is 0.496 e. The molecule has 0 atom stereocenters. The third kappa shape index (κ3) is 6.11. The first-order valence-electron chi connectivity index (χ1n) is 8.85. The Morgan fingerprint density at radius 2 is 1.78 bits per heavy atom. The minimum Gasteiger partial charge on any atom is -0.496 e. The summed E-state index contributed by atoms with van der Waals surface area (Å²) in [6.07, 6.45) is 0. The first-order valence-corrected chi connectivity index (χ1v) is 8.85. The number of methoxy groups -OCH3 is 1. The molecule has 0 spiro atoms. The Kier molecular flexibility index (Phi) is 7.37. The van der Waals surface area contributed by atoms with Gasteiger partial charge in [-0.2, -0.15) is 0 Å². The number of benzene rings is 2. The monoisotopic (exact) mass is 370 g/mol. The van der Waals surface area contributed by atoms with Crippen LogP contribution in [0.15, 0.2) is 48.5 Å². The van der Waals surface area contributed by atoms with Gasteiger partial charge in [-0.3, -0.25) is 14.5 Å². The number of carboxylic acids is 1. The maximum Gasteiger partial charge on any atom is 0.322 e. The van der Waals surface area contributed by atoms with Crippen LogP contribution in [0.1, 0.15) is 19.4 Å². The highest BCUT2D eigenvalue weighted by atomic mass is 16.5. The van der Waals surface area contributed by atoms with Gasteiger partial charge < -0.3 is 15.2 Å². The molecule has 6 heteroatoms. The lowest BCUT2D eigenvalue weighted by atomic mass is 10.0. The van der Waals surface area contributed by atoms with Crippen molar-refractivity contribution in [3.63, 3.8) is 0 Å². The molecule has 0 bridgehead atoms. The predicted octanol–water partition coefficient (Wildman–Crippen LogP) is 2.77. The standard InChI is InChI=1S/C21H26N2O4/c1-15(2)23(14-20(24)22-12-21(25)26)13-16-8-10-17(11-9-16)18-6-4-5-7-19(18)27-3/h4-11,15H,12-14H2,1-3H3,(H,22,24)(H,25,26). The molecule has 0 fully saturated rings. The molecule has 2 aromatic rings. The number of nitrogens with one attached hydrogen (secondary N) is 1. The van der Waals surface area contributed by atoms with Gasteiger partial charge in [-0.25, -0.2) is 0 Å². The van der Waals surface area contributed by atoms with Crippen molar-refractivity contribution in [2.75, 3.05) is 20.2 Å². The van der Waals surface area contributed by atoms with Crippen molar-refractivity contribution in [1.82, 2.24) is 10.2 Å². The van der Waals surface area contributed by atoms with Crippen molar-refractivity contribution in [2.45, 2.75) is 26.4 Å². The molecule has 0 heterocycles. The molecule has 0 saturated heterocycles. The molecule has 0 aliphatic heterocycles. The number of carbonyl (C=O) groups excluding carboxylic acids is 1. The fourth-order valence-corrected chi connectivity index (χ4v) is 2.74. The SMILES string of the molecule is COc1ccccc1-c1ccc(CN(CC(=O)NCC(=O)O)C(C)C)cc1. The molecule has 2 rings (SSSR count). The predicted molar refractivity (Wildman–Crippen MR) is 105 cm³/mol. The third-order valence-electron chi connectivity index (χ3n) is 4.27. The number of carbonyl (C=O) groups is 2. The van der Waals surface area contributed by atoms with E-state index in [1.807, 2.05) is 67.3 Å². The quantitative estimate of drug-likeness (QED) is 0.710. The minimum absolute atomic E-state index is 0.148. The Hall–Kier alpha value is -2.86. The van der Waals surface area contributed by atoms with E-state index in [0.29, 0.717) is 6.54 Å². The molecule has 1 amide bonds. The van der Waals surface area contributed by atoms with E-state index < -0.39 is 5.97 Å². The zero-order valence-electron chi connectivity index (χ0n) is 15.9.